The second-order valence-electron chi connectivity index (χ2n) is 8.24. The quantitative estimate of drug-likeness (QED) is 0.207. The van der Waals surface area contributed by atoms with Gasteiger partial charge >= 0.3 is 5.97 Å². The molecule has 0 aliphatic carbocycles. The van der Waals surface area contributed by atoms with E-state index < -0.39 is 23.7 Å². The highest BCUT2D eigenvalue weighted by Crippen LogP contribution is 2.41. The van der Waals surface area contributed by atoms with Crippen molar-refractivity contribution in [2.75, 3.05) is 21.3 Å². The molecule has 9 heteroatoms. The van der Waals surface area contributed by atoms with Crippen LogP contribution >= 0.6 is 11.6 Å². The van der Waals surface area contributed by atoms with Crippen LogP contribution in [-0.4, -0.2) is 49.0 Å². The molecule has 1 unspecified atom stereocenters. The number of nitrogens with zero attached hydrogens (tertiary/aromatic N) is 1. The van der Waals surface area contributed by atoms with Crippen LogP contribution in [0.4, 0.5) is 0 Å². The number of hydrogen-bond donors (Lipinski definition) is 1. The van der Waals surface area contributed by atoms with E-state index >= 15 is 0 Å². The van der Waals surface area contributed by atoms with Crippen molar-refractivity contribution in [3.05, 3.63) is 99.6 Å². The molecule has 0 radical (unpaired) electrons. The van der Waals surface area contributed by atoms with Gasteiger partial charge in [-0.15, -0.1) is 0 Å². The van der Waals surface area contributed by atoms with E-state index in [1.165, 1.54) is 32.3 Å². The summed E-state index contributed by atoms with van der Waals surface area (Å²) >= 11 is 6.25. The van der Waals surface area contributed by atoms with E-state index in [9.17, 15) is 19.5 Å². The average molecular weight is 522 g/mol. The lowest BCUT2D eigenvalue weighted by atomic mass is 9.95. The van der Waals surface area contributed by atoms with Crippen LogP contribution in [0.15, 0.2) is 72.3 Å². The van der Waals surface area contributed by atoms with Gasteiger partial charge in [0, 0.05) is 12.1 Å². The monoisotopic (exact) mass is 521 g/mol. The summed E-state index contributed by atoms with van der Waals surface area (Å²) in [6, 6.07) is 17.1. The molecule has 3 aromatic carbocycles. The number of benzene rings is 3. The Hall–Kier alpha value is -4.30. The molecule has 1 aliphatic heterocycles. The number of methoxy groups -OCH3 is 3. The topological polar surface area (TPSA) is 102 Å². The largest absolute Gasteiger partial charge is 0.507 e. The lowest BCUT2D eigenvalue weighted by Crippen LogP contribution is -2.29. The van der Waals surface area contributed by atoms with Crippen LogP contribution < -0.4 is 9.47 Å². The number of aliphatic hydroxyl groups is 1. The molecule has 1 amide bonds. The maximum Gasteiger partial charge on any atom is 0.337 e. The van der Waals surface area contributed by atoms with Crippen molar-refractivity contribution < 1.29 is 33.7 Å². The molecule has 1 heterocycles. The van der Waals surface area contributed by atoms with Gasteiger partial charge in [-0.1, -0.05) is 35.9 Å². The molecule has 1 fully saturated rings. The number of amides is 1. The fourth-order valence-electron chi connectivity index (χ4n) is 4.23. The van der Waals surface area contributed by atoms with E-state index in [2.05, 4.69) is 0 Å². The van der Waals surface area contributed by atoms with Gasteiger partial charge in [0.1, 0.15) is 17.3 Å². The molecule has 8 nitrogen and oxygen atoms in total. The molecular formula is C28H24ClNO7. The Morgan fingerprint density at radius 3 is 2.27 bits per heavy atom. The first kappa shape index (κ1) is 25.8. The van der Waals surface area contributed by atoms with E-state index in [4.69, 9.17) is 25.8 Å². The molecule has 1 N–H and O–H groups in total. The molecule has 4 rings (SSSR count). The minimum absolute atomic E-state index is 0.0497. The third-order valence-electron chi connectivity index (χ3n) is 6.10. The van der Waals surface area contributed by atoms with Crippen LogP contribution in [-0.2, 0) is 20.9 Å². The third-order valence-corrected chi connectivity index (χ3v) is 6.40. The zero-order chi connectivity index (χ0) is 26.7. The van der Waals surface area contributed by atoms with Crippen molar-refractivity contribution >= 4 is 35.0 Å². The number of ketones is 1. The number of carbonyl (C=O) groups is 3. The summed E-state index contributed by atoms with van der Waals surface area (Å²) in [7, 11) is 4.27. The van der Waals surface area contributed by atoms with Gasteiger partial charge in [0.25, 0.3) is 11.7 Å². The van der Waals surface area contributed by atoms with Crippen molar-refractivity contribution in [1.82, 2.24) is 4.90 Å². The maximum absolute atomic E-state index is 13.3. The molecule has 3 aromatic rings. The number of rotatable bonds is 7. The van der Waals surface area contributed by atoms with E-state index in [0.29, 0.717) is 28.2 Å². The lowest BCUT2D eigenvalue weighted by Gasteiger charge is -2.26. The molecule has 190 valence electrons. The molecule has 1 aliphatic rings. The van der Waals surface area contributed by atoms with Gasteiger partial charge in [-0.05, 0) is 53.6 Å². The van der Waals surface area contributed by atoms with Crippen molar-refractivity contribution in [2.24, 2.45) is 0 Å². The van der Waals surface area contributed by atoms with Crippen LogP contribution in [0.2, 0.25) is 5.02 Å². The van der Waals surface area contributed by atoms with Crippen LogP contribution in [0.25, 0.3) is 5.76 Å². The number of ether oxygens (including phenoxy) is 3. The summed E-state index contributed by atoms with van der Waals surface area (Å²) in [6.45, 7) is 0.0497. The van der Waals surface area contributed by atoms with Gasteiger partial charge in [0.05, 0.1) is 43.5 Å². The zero-order valence-corrected chi connectivity index (χ0v) is 21.1. The van der Waals surface area contributed by atoms with Gasteiger partial charge in [-0.25, -0.2) is 4.79 Å². The van der Waals surface area contributed by atoms with Crippen molar-refractivity contribution in [3.8, 4) is 11.5 Å². The summed E-state index contributed by atoms with van der Waals surface area (Å²) < 4.78 is 15.3. The minimum atomic E-state index is -0.906. The molecule has 1 atom stereocenters. The number of hydrogen-bond acceptors (Lipinski definition) is 7. The molecule has 37 heavy (non-hydrogen) atoms. The number of halogens is 1. The van der Waals surface area contributed by atoms with Gasteiger partial charge in [-0.2, -0.15) is 0 Å². The van der Waals surface area contributed by atoms with E-state index in [1.807, 2.05) is 0 Å². The predicted molar refractivity (Wildman–Crippen MR) is 137 cm³/mol. The van der Waals surface area contributed by atoms with Gasteiger partial charge in [0.2, 0.25) is 0 Å². The summed E-state index contributed by atoms with van der Waals surface area (Å²) in [5.41, 5.74) is 1.79. The van der Waals surface area contributed by atoms with Crippen LogP contribution in [0.1, 0.15) is 33.1 Å². The first-order valence-corrected chi connectivity index (χ1v) is 11.6. The molecule has 1 saturated heterocycles. The van der Waals surface area contributed by atoms with Crippen LogP contribution in [0.3, 0.4) is 0 Å². The molecule has 0 aromatic heterocycles. The molecule has 0 saturated carbocycles. The maximum atomic E-state index is 13.3. The van der Waals surface area contributed by atoms with Crippen LogP contribution in [0, 0.1) is 0 Å². The summed E-state index contributed by atoms with van der Waals surface area (Å²) in [5.74, 6) is -1.52. The van der Waals surface area contributed by atoms with E-state index in [1.54, 1.807) is 60.7 Å². The predicted octanol–water partition coefficient (Wildman–Crippen LogP) is 4.77. The Balaban J connectivity index is 1.82. The highest BCUT2D eigenvalue weighted by molar-refractivity contribution is 6.46. The number of aliphatic hydroxyl groups excluding tert-OH is 1. The summed E-state index contributed by atoms with van der Waals surface area (Å²) in [5, 5.41) is 11.5. The highest BCUT2D eigenvalue weighted by Gasteiger charge is 2.46. The second-order valence-corrected chi connectivity index (χ2v) is 8.65. The van der Waals surface area contributed by atoms with Crippen molar-refractivity contribution in [2.45, 2.75) is 12.6 Å². The summed E-state index contributed by atoms with van der Waals surface area (Å²) in [6.07, 6.45) is 0. The van der Waals surface area contributed by atoms with Gasteiger partial charge in [0.15, 0.2) is 0 Å². The highest BCUT2D eigenvalue weighted by atomic mass is 35.5. The number of carbonyl (C=O) groups excluding carboxylic acids is 3. The van der Waals surface area contributed by atoms with Gasteiger partial charge in [-0.3, -0.25) is 9.59 Å². The molecule has 0 bridgehead atoms. The first-order valence-electron chi connectivity index (χ1n) is 11.2. The SMILES string of the molecule is COC(=O)c1ccc(CN2C(=O)C(=O)/C(=C(\O)c3ccc(OC)c(Cl)c3)C2c2cccc(OC)c2)cc1. The van der Waals surface area contributed by atoms with Crippen LogP contribution in [0.5, 0.6) is 11.5 Å². The Kier molecular flexibility index (Phi) is 7.50. The normalized spacial score (nSPS) is 16.5. The fraction of sp³-hybridized carbons (Fsp3) is 0.179. The standard InChI is InChI=1S/C28H24ClNO7/c1-35-20-6-4-5-18(13-20)24-23(25(31)19-11-12-22(36-2)21(29)14-19)26(32)27(33)30(24)15-16-7-9-17(10-8-16)28(34)37-3/h4-14,24,31H,15H2,1-3H3/b25-23-. The number of esters is 1. The van der Waals surface area contributed by atoms with Gasteiger partial charge < -0.3 is 24.2 Å². The zero-order valence-electron chi connectivity index (χ0n) is 20.4. The minimum Gasteiger partial charge on any atom is -0.507 e. The fourth-order valence-corrected chi connectivity index (χ4v) is 4.49. The smallest absolute Gasteiger partial charge is 0.337 e. The average Bonchev–Trinajstić information content (AvgIpc) is 3.17. The Morgan fingerprint density at radius 1 is 0.946 bits per heavy atom. The van der Waals surface area contributed by atoms with E-state index in [-0.39, 0.29) is 28.5 Å². The molecular weight excluding hydrogens is 498 g/mol. The lowest BCUT2D eigenvalue weighted by molar-refractivity contribution is -0.140. The second kappa shape index (κ2) is 10.8. The third kappa shape index (κ3) is 5.01. The van der Waals surface area contributed by atoms with E-state index in [0.717, 1.165) is 0 Å². The van der Waals surface area contributed by atoms with Crippen molar-refractivity contribution in [1.29, 1.82) is 0 Å². The Morgan fingerprint density at radius 2 is 1.65 bits per heavy atom. The number of likely N-dealkylation sites (tertiary alicyclic amines) is 1. The first-order chi connectivity index (χ1) is 17.8. The van der Waals surface area contributed by atoms with Crippen molar-refractivity contribution in [3.63, 3.8) is 0 Å². The Bertz CT molecular complexity index is 1400. The Labute approximate surface area is 218 Å². The number of Topliss-reactive ketones (excluding diaryl/α,β-unsaturated/α-hetero) is 1. The summed E-state index contributed by atoms with van der Waals surface area (Å²) in [4.78, 5) is 39.7. The molecule has 0 spiro atoms.